The van der Waals surface area contributed by atoms with Gasteiger partial charge in [0, 0.05) is 0 Å². The highest BCUT2D eigenvalue weighted by Crippen LogP contribution is 1.95. The molecule has 0 atom stereocenters. The fraction of sp³-hybridized carbons (Fsp3) is 0.500. The van der Waals surface area contributed by atoms with E-state index < -0.39 is 10.1 Å². The van der Waals surface area contributed by atoms with Crippen LogP contribution in [0.4, 0.5) is 0 Å². The third-order valence-electron chi connectivity index (χ3n) is 1.21. The molecule has 0 radical (unpaired) electrons. The van der Waals surface area contributed by atoms with Crippen LogP contribution >= 0.6 is 0 Å². The molecule has 0 aromatic heterocycles. The van der Waals surface area contributed by atoms with Gasteiger partial charge in [-0.15, -0.1) is 0 Å². The van der Waals surface area contributed by atoms with E-state index in [4.69, 9.17) is 4.55 Å². The zero-order valence-corrected chi connectivity index (χ0v) is 7.92. The van der Waals surface area contributed by atoms with Gasteiger partial charge in [-0.25, -0.2) is 0 Å². The summed E-state index contributed by atoms with van der Waals surface area (Å²) < 4.78 is 28.8. The van der Waals surface area contributed by atoms with Crippen LogP contribution in [-0.2, 0) is 10.1 Å². The van der Waals surface area contributed by atoms with Gasteiger partial charge in [0.05, 0.1) is 5.75 Å². The van der Waals surface area contributed by atoms with E-state index in [9.17, 15) is 8.42 Å². The van der Waals surface area contributed by atoms with Gasteiger partial charge in [0.2, 0.25) is 0 Å². The first-order valence-electron chi connectivity index (χ1n) is 3.79. The Bertz CT molecular complexity index is 249. The van der Waals surface area contributed by atoms with Gasteiger partial charge >= 0.3 is 0 Å². The lowest BCUT2D eigenvalue weighted by molar-refractivity contribution is 0.481. The van der Waals surface area contributed by atoms with Crippen molar-refractivity contribution < 1.29 is 13.0 Å². The van der Waals surface area contributed by atoms with E-state index in [1.165, 1.54) is 0 Å². The number of unbranched alkanes of at least 4 members (excludes halogenated alkanes) is 1. The predicted octanol–water partition coefficient (Wildman–Crippen LogP) is 1.79. The van der Waals surface area contributed by atoms with E-state index in [1.807, 2.05) is 31.2 Å². The van der Waals surface area contributed by atoms with Gasteiger partial charge in [-0.05, 0) is 19.8 Å². The van der Waals surface area contributed by atoms with Gasteiger partial charge in [-0.2, -0.15) is 8.42 Å². The van der Waals surface area contributed by atoms with Crippen molar-refractivity contribution in [3.05, 3.63) is 24.3 Å². The summed E-state index contributed by atoms with van der Waals surface area (Å²) in [4.78, 5) is 0. The highest BCUT2D eigenvalue weighted by atomic mass is 32.2. The Kier molecular flexibility index (Phi) is 5.66. The minimum atomic E-state index is -3.77. The Morgan fingerprint density at radius 2 is 2.00 bits per heavy atom. The van der Waals surface area contributed by atoms with E-state index in [-0.39, 0.29) is 5.75 Å². The maximum atomic E-state index is 10.2. The van der Waals surface area contributed by atoms with Crippen LogP contribution in [0, 0.1) is 0 Å². The van der Waals surface area contributed by atoms with Crippen molar-refractivity contribution >= 4 is 10.1 Å². The molecule has 0 saturated carbocycles. The summed E-state index contributed by atoms with van der Waals surface area (Å²) in [6, 6.07) is 0. The van der Waals surface area contributed by atoms with E-state index in [1.54, 1.807) is 0 Å². The van der Waals surface area contributed by atoms with Crippen molar-refractivity contribution in [2.45, 2.75) is 19.8 Å². The van der Waals surface area contributed by atoms with Crippen molar-refractivity contribution in [3.63, 3.8) is 0 Å². The molecule has 70 valence electrons. The fourth-order valence-electron chi connectivity index (χ4n) is 0.669. The minimum absolute atomic E-state index is 0.160. The molecular formula is C8H14O3S. The zero-order chi connectivity index (χ0) is 9.45. The van der Waals surface area contributed by atoms with E-state index in [0.717, 1.165) is 0 Å². The van der Waals surface area contributed by atoms with Crippen molar-refractivity contribution in [1.29, 1.82) is 0 Å². The SMILES string of the molecule is C/C=C/C=C/CCCS(=O)(=O)O. The van der Waals surface area contributed by atoms with Crippen molar-refractivity contribution in [1.82, 2.24) is 0 Å². The normalized spacial score (nSPS) is 13.2. The molecule has 0 bridgehead atoms. The summed E-state index contributed by atoms with van der Waals surface area (Å²) in [6.07, 6.45) is 8.61. The summed E-state index contributed by atoms with van der Waals surface area (Å²) in [6.45, 7) is 1.91. The zero-order valence-electron chi connectivity index (χ0n) is 7.10. The second-order valence-corrected chi connectivity index (χ2v) is 3.95. The molecule has 1 N–H and O–H groups in total. The predicted molar refractivity (Wildman–Crippen MR) is 49.6 cm³/mol. The Balaban J connectivity index is 3.46. The fourth-order valence-corrected chi connectivity index (χ4v) is 1.20. The molecule has 0 unspecified atom stereocenters. The molecule has 3 nitrogen and oxygen atoms in total. The Hall–Kier alpha value is -0.610. The quantitative estimate of drug-likeness (QED) is 0.408. The number of hydrogen-bond acceptors (Lipinski definition) is 2. The van der Waals surface area contributed by atoms with Gasteiger partial charge in [-0.1, -0.05) is 24.3 Å². The highest BCUT2D eigenvalue weighted by Gasteiger charge is 2.00. The van der Waals surface area contributed by atoms with Gasteiger partial charge in [0.1, 0.15) is 0 Å². The maximum Gasteiger partial charge on any atom is 0.264 e. The van der Waals surface area contributed by atoms with Crippen LogP contribution in [0.5, 0.6) is 0 Å². The molecule has 0 aliphatic rings. The van der Waals surface area contributed by atoms with Gasteiger partial charge in [0.15, 0.2) is 0 Å². The molecule has 0 amide bonds. The van der Waals surface area contributed by atoms with Gasteiger partial charge in [0.25, 0.3) is 10.1 Å². The first-order chi connectivity index (χ1) is 5.56. The summed E-state index contributed by atoms with van der Waals surface area (Å²) >= 11 is 0. The number of rotatable bonds is 5. The summed E-state index contributed by atoms with van der Waals surface area (Å²) in [5, 5.41) is 0. The van der Waals surface area contributed by atoms with Crippen LogP contribution in [-0.4, -0.2) is 18.7 Å². The highest BCUT2D eigenvalue weighted by molar-refractivity contribution is 7.85. The average molecular weight is 190 g/mol. The van der Waals surface area contributed by atoms with Crippen LogP contribution in [0.2, 0.25) is 0 Å². The van der Waals surface area contributed by atoms with Gasteiger partial charge < -0.3 is 0 Å². The molecule has 0 spiro atoms. The molecule has 0 aliphatic carbocycles. The molecule has 12 heavy (non-hydrogen) atoms. The molecule has 0 fully saturated rings. The topological polar surface area (TPSA) is 54.4 Å². The third kappa shape index (κ3) is 9.39. The van der Waals surface area contributed by atoms with Crippen LogP contribution in [0.3, 0.4) is 0 Å². The average Bonchev–Trinajstić information content (AvgIpc) is 1.94. The molecule has 0 rings (SSSR count). The maximum absolute atomic E-state index is 10.2. The van der Waals surface area contributed by atoms with Crippen molar-refractivity contribution in [2.24, 2.45) is 0 Å². The van der Waals surface area contributed by atoms with Crippen LogP contribution in [0.25, 0.3) is 0 Å². The largest absolute Gasteiger partial charge is 0.286 e. The summed E-state index contributed by atoms with van der Waals surface area (Å²) in [7, 11) is -3.77. The molecule has 0 heterocycles. The van der Waals surface area contributed by atoms with Crippen LogP contribution < -0.4 is 0 Å². The van der Waals surface area contributed by atoms with E-state index >= 15 is 0 Å². The lowest BCUT2D eigenvalue weighted by Gasteiger charge is -1.91. The molecule has 0 aromatic carbocycles. The lowest BCUT2D eigenvalue weighted by atomic mass is 10.3. The Morgan fingerprint density at radius 1 is 1.33 bits per heavy atom. The van der Waals surface area contributed by atoms with Crippen LogP contribution in [0.1, 0.15) is 19.8 Å². The Morgan fingerprint density at radius 3 is 2.50 bits per heavy atom. The second kappa shape index (κ2) is 5.97. The minimum Gasteiger partial charge on any atom is -0.286 e. The first kappa shape index (κ1) is 11.4. The monoisotopic (exact) mass is 190 g/mol. The first-order valence-corrected chi connectivity index (χ1v) is 5.40. The molecule has 0 aromatic rings. The lowest BCUT2D eigenvalue weighted by Crippen LogP contribution is -2.02. The molecular weight excluding hydrogens is 176 g/mol. The van der Waals surface area contributed by atoms with E-state index in [2.05, 4.69) is 0 Å². The molecule has 0 aliphatic heterocycles. The number of hydrogen-bond donors (Lipinski definition) is 1. The summed E-state index contributed by atoms with van der Waals surface area (Å²) in [5.41, 5.74) is 0. The Labute approximate surface area is 73.5 Å². The number of allylic oxidation sites excluding steroid dienone is 4. The van der Waals surface area contributed by atoms with E-state index in [0.29, 0.717) is 12.8 Å². The molecule has 4 heteroatoms. The third-order valence-corrected chi connectivity index (χ3v) is 2.02. The second-order valence-electron chi connectivity index (χ2n) is 2.38. The van der Waals surface area contributed by atoms with Crippen molar-refractivity contribution in [2.75, 3.05) is 5.75 Å². The standard InChI is InChI=1S/C8H14O3S/c1-2-3-4-5-6-7-8-12(9,10)11/h2-5H,6-8H2,1H3,(H,9,10,11)/b3-2+,5-4+. The molecule has 0 saturated heterocycles. The van der Waals surface area contributed by atoms with Gasteiger partial charge in [-0.3, -0.25) is 4.55 Å². The van der Waals surface area contributed by atoms with Crippen molar-refractivity contribution in [3.8, 4) is 0 Å². The summed E-state index contributed by atoms with van der Waals surface area (Å²) in [5.74, 6) is -0.160. The van der Waals surface area contributed by atoms with Crippen LogP contribution in [0.15, 0.2) is 24.3 Å². The smallest absolute Gasteiger partial charge is 0.264 e.